The molecule has 0 aliphatic heterocycles. The summed E-state index contributed by atoms with van der Waals surface area (Å²) in [6, 6.07) is 1.92. The number of nitrogens with one attached hydrogen (secondary N) is 1. The zero-order valence-electron chi connectivity index (χ0n) is 9.25. The summed E-state index contributed by atoms with van der Waals surface area (Å²) in [5.74, 6) is 0.645. The molecule has 0 bridgehead atoms. The molecule has 0 unspecified atom stereocenters. The van der Waals surface area contributed by atoms with Crippen molar-refractivity contribution in [3.63, 3.8) is 0 Å². The monoisotopic (exact) mass is 209 g/mol. The fraction of sp³-hybridized carbons (Fsp3) is 0.818. The highest BCUT2D eigenvalue weighted by molar-refractivity contribution is 5.83. The second kappa shape index (κ2) is 5.13. The molecule has 0 heterocycles. The molecule has 0 radical (unpaired) electrons. The van der Waals surface area contributed by atoms with E-state index >= 15 is 0 Å². The zero-order valence-corrected chi connectivity index (χ0v) is 9.25. The minimum atomic E-state index is -0.413. The Bertz CT molecular complexity index is 261. The van der Waals surface area contributed by atoms with Gasteiger partial charge in [-0.2, -0.15) is 5.26 Å². The van der Waals surface area contributed by atoms with E-state index in [0.717, 1.165) is 25.7 Å². The van der Waals surface area contributed by atoms with Crippen LogP contribution in [0, 0.1) is 22.7 Å². The molecule has 1 aliphatic carbocycles. The maximum atomic E-state index is 11.9. The standard InChI is InChI=1S/C11H19N3O/c1-9-2-4-11(8-13,5-3-9)10(15)14-7-6-12/h9H,2-5,7-8,13H2,1H3,(H,14,15). The van der Waals surface area contributed by atoms with Gasteiger partial charge in [-0.05, 0) is 31.6 Å². The van der Waals surface area contributed by atoms with Gasteiger partial charge in [-0.25, -0.2) is 0 Å². The van der Waals surface area contributed by atoms with Gasteiger partial charge in [-0.3, -0.25) is 4.79 Å². The molecule has 0 aromatic rings. The predicted octanol–water partition coefficient (Wildman–Crippen LogP) is 0.781. The van der Waals surface area contributed by atoms with E-state index in [2.05, 4.69) is 12.2 Å². The number of nitrogens with two attached hydrogens (primary N) is 1. The van der Waals surface area contributed by atoms with E-state index in [4.69, 9.17) is 11.0 Å². The molecular formula is C11H19N3O. The van der Waals surface area contributed by atoms with Crippen LogP contribution in [-0.2, 0) is 4.79 Å². The van der Waals surface area contributed by atoms with E-state index in [0.29, 0.717) is 12.5 Å². The molecule has 0 aromatic carbocycles. The van der Waals surface area contributed by atoms with Crippen LogP contribution in [0.2, 0.25) is 0 Å². The number of amides is 1. The third kappa shape index (κ3) is 2.69. The Morgan fingerprint density at radius 1 is 1.60 bits per heavy atom. The van der Waals surface area contributed by atoms with Crippen LogP contribution in [0.25, 0.3) is 0 Å². The molecule has 84 valence electrons. The first-order valence-electron chi connectivity index (χ1n) is 5.50. The first-order chi connectivity index (χ1) is 7.14. The first kappa shape index (κ1) is 12.0. The van der Waals surface area contributed by atoms with Gasteiger partial charge >= 0.3 is 0 Å². The van der Waals surface area contributed by atoms with Crippen molar-refractivity contribution in [2.45, 2.75) is 32.6 Å². The Balaban J connectivity index is 2.60. The molecule has 0 atom stereocenters. The Hall–Kier alpha value is -1.08. The van der Waals surface area contributed by atoms with Crippen molar-refractivity contribution >= 4 is 5.91 Å². The highest BCUT2D eigenvalue weighted by atomic mass is 16.2. The van der Waals surface area contributed by atoms with Crippen LogP contribution < -0.4 is 11.1 Å². The number of hydrogen-bond acceptors (Lipinski definition) is 3. The molecule has 15 heavy (non-hydrogen) atoms. The Morgan fingerprint density at radius 2 is 2.20 bits per heavy atom. The van der Waals surface area contributed by atoms with Crippen LogP contribution in [0.3, 0.4) is 0 Å². The fourth-order valence-corrected chi connectivity index (χ4v) is 2.15. The average Bonchev–Trinajstić information content (AvgIpc) is 2.27. The molecule has 4 heteroatoms. The summed E-state index contributed by atoms with van der Waals surface area (Å²) < 4.78 is 0. The smallest absolute Gasteiger partial charge is 0.228 e. The number of hydrogen-bond donors (Lipinski definition) is 2. The van der Waals surface area contributed by atoms with Crippen molar-refractivity contribution in [1.82, 2.24) is 5.32 Å². The fourth-order valence-electron chi connectivity index (χ4n) is 2.15. The summed E-state index contributed by atoms with van der Waals surface area (Å²) in [6.07, 6.45) is 3.80. The molecule has 0 spiro atoms. The quantitative estimate of drug-likeness (QED) is 0.674. The highest BCUT2D eigenvalue weighted by Crippen LogP contribution is 2.38. The van der Waals surface area contributed by atoms with Crippen LogP contribution in [0.15, 0.2) is 0 Å². The topological polar surface area (TPSA) is 78.9 Å². The number of carbonyl (C=O) groups is 1. The van der Waals surface area contributed by atoms with Gasteiger partial charge in [0.25, 0.3) is 0 Å². The Kier molecular flexibility index (Phi) is 4.10. The van der Waals surface area contributed by atoms with E-state index in [1.54, 1.807) is 0 Å². The van der Waals surface area contributed by atoms with Crippen molar-refractivity contribution < 1.29 is 4.79 Å². The summed E-state index contributed by atoms with van der Waals surface area (Å²) in [5.41, 5.74) is 5.30. The van der Waals surface area contributed by atoms with E-state index in [1.807, 2.05) is 6.07 Å². The van der Waals surface area contributed by atoms with E-state index in [1.165, 1.54) is 0 Å². The lowest BCUT2D eigenvalue weighted by atomic mass is 9.70. The molecule has 0 saturated heterocycles. The summed E-state index contributed by atoms with van der Waals surface area (Å²) in [6.45, 7) is 2.67. The second-order valence-corrected chi connectivity index (χ2v) is 4.51. The van der Waals surface area contributed by atoms with Crippen LogP contribution in [0.5, 0.6) is 0 Å². The van der Waals surface area contributed by atoms with Crippen molar-refractivity contribution in [3.05, 3.63) is 0 Å². The van der Waals surface area contributed by atoms with Gasteiger partial charge in [0.15, 0.2) is 0 Å². The van der Waals surface area contributed by atoms with Gasteiger partial charge in [0.05, 0.1) is 11.5 Å². The van der Waals surface area contributed by atoms with Crippen molar-refractivity contribution in [2.24, 2.45) is 17.1 Å². The lowest BCUT2D eigenvalue weighted by Gasteiger charge is -2.36. The van der Waals surface area contributed by atoms with Crippen molar-refractivity contribution in [1.29, 1.82) is 5.26 Å². The Labute approximate surface area is 90.8 Å². The predicted molar refractivity (Wildman–Crippen MR) is 57.7 cm³/mol. The third-order valence-corrected chi connectivity index (χ3v) is 3.43. The van der Waals surface area contributed by atoms with E-state index < -0.39 is 5.41 Å². The first-order valence-corrected chi connectivity index (χ1v) is 5.50. The van der Waals surface area contributed by atoms with Crippen molar-refractivity contribution in [3.8, 4) is 6.07 Å². The van der Waals surface area contributed by atoms with Crippen LogP contribution in [-0.4, -0.2) is 19.0 Å². The SMILES string of the molecule is CC1CCC(CN)(C(=O)NCC#N)CC1. The minimum Gasteiger partial charge on any atom is -0.342 e. The number of carbonyl (C=O) groups excluding carboxylic acids is 1. The van der Waals surface area contributed by atoms with Gasteiger partial charge in [-0.1, -0.05) is 6.92 Å². The summed E-state index contributed by atoms with van der Waals surface area (Å²) in [5, 5.41) is 11.0. The molecule has 3 N–H and O–H groups in total. The Morgan fingerprint density at radius 3 is 2.67 bits per heavy atom. The van der Waals surface area contributed by atoms with E-state index in [9.17, 15) is 4.79 Å². The largest absolute Gasteiger partial charge is 0.342 e. The molecule has 1 amide bonds. The summed E-state index contributed by atoms with van der Waals surface area (Å²) in [7, 11) is 0. The van der Waals surface area contributed by atoms with Gasteiger partial charge in [0.2, 0.25) is 5.91 Å². The number of nitrogens with zero attached hydrogens (tertiary/aromatic N) is 1. The summed E-state index contributed by atoms with van der Waals surface area (Å²) in [4.78, 5) is 11.9. The lowest BCUT2D eigenvalue weighted by molar-refractivity contribution is -0.132. The van der Waals surface area contributed by atoms with Crippen molar-refractivity contribution in [2.75, 3.05) is 13.1 Å². The average molecular weight is 209 g/mol. The molecule has 0 aromatic heterocycles. The van der Waals surface area contributed by atoms with E-state index in [-0.39, 0.29) is 12.5 Å². The highest BCUT2D eigenvalue weighted by Gasteiger charge is 2.39. The van der Waals surface area contributed by atoms with Gasteiger partial charge in [0.1, 0.15) is 6.54 Å². The maximum Gasteiger partial charge on any atom is 0.228 e. The second-order valence-electron chi connectivity index (χ2n) is 4.51. The summed E-state index contributed by atoms with van der Waals surface area (Å²) >= 11 is 0. The van der Waals surface area contributed by atoms with Gasteiger partial charge in [-0.15, -0.1) is 0 Å². The third-order valence-electron chi connectivity index (χ3n) is 3.43. The lowest BCUT2D eigenvalue weighted by Crippen LogP contribution is -2.48. The normalized spacial score (nSPS) is 30.6. The zero-order chi connectivity index (χ0) is 11.3. The van der Waals surface area contributed by atoms with Crippen LogP contribution >= 0.6 is 0 Å². The molecule has 4 nitrogen and oxygen atoms in total. The molecule has 1 fully saturated rings. The number of nitriles is 1. The molecular weight excluding hydrogens is 190 g/mol. The molecule has 1 saturated carbocycles. The molecule has 1 aliphatic rings. The molecule has 1 rings (SSSR count). The van der Waals surface area contributed by atoms with Gasteiger partial charge in [0, 0.05) is 6.54 Å². The van der Waals surface area contributed by atoms with Crippen LogP contribution in [0.4, 0.5) is 0 Å². The minimum absolute atomic E-state index is 0.0431. The van der Waals surface area contributed by atoms with Crippen LogP contribution in [0.1, 0.15) is 32.6 Å². The number of rotatable bonds is 3. The van der Waals surface area contributed by atoms with Gasteiger partial charge < -0.3 is 11.1 Å². The maximum absolute atomic E-state index is 11.9.